The van der Waals surface area contributed by atoms with Crippen LogP contribution in [0.3, 0.4) is 0 Å². The zero-order chi connectivity index (χ0) is 9.84. The number of aliphatic hydroxyl groups excluding tert-OH is 2. The largest absolute Gasteiger partial charge is 0.508 e. The molecule has 13 heavy (non-hydrogen) atoms. The van der Waals surface area contributed by atoms with Gasteiger partial charge in [-0.3, -0.25) is 0 Å². The molecule has 1 rings (SSSR count). The van der Waals surface area contributed by atoms with Crippen molar-refractivity contribution in [3.8, 4) is 0 Å². The van der Waals surface area contributed by atoms with E-state index < -0.39 is 24.5 Å². The summed E-state index contributed by atoms with van der Waals surface area (Å²) in [6, 6.07) is 0. The van der Waals surface area contributed by atoms with E-state index in [0.29, 0.717) is 0 Å². The highest BCUT2D eigenvalue weighted by atomic mass is 16.7. The van der Waals surface area contributed by atoms with Gasteiger partial charge in [-0.1, -0.05) is 0 Å². The second-order valence-electron chi connectivity index (χ2n) is 2.69. The summed E-state index contributed by atoms with van der Waals surface area (Å²) in [7, 11) is 1.18. The lowest BCUT2D eigenvalue weighted by atomic mass is 10.2. The van der Waals surface area contributed by atoms with Gasteiger partial charge in [-0.2, -0.15) is 0 Å². The fourth-order valence-electron chi connectivity index (χ4n) is 1.02. The average molecular weight is 192 g/mol. The van der Waals surface area contributed by atoms with Crippen molar-refractivity contribution in [1.82, 2.24) is 0 Å². The quantitative estimate of drug-likeness (QED) is 0.539. The van der Waals surface area contributed by atoms with Crippen LogP contribution in [0.15, 0.2) is 0 Å². The maximum absolute atomic E-state index is 10.5. The molecular weight excluding hydrogens is 180 g/mol. The van der Waals surface area contributed by atoms with Gasteiger partial charge in [0.2, 0.25) is 0 Å². The van der Waals surface area contributed by atoms with E-state index in [1.807, 2.05) is 0 Å². The molecule has 6 heteroatoms. The molecule has 0 amide bonds. The lowest BCUT2D eigenvalue weighted by molar-refractivity contribution is -0.0241. The number of ether oxygens (including phenoxy) is 3. The summed E-state index contributed by atoms with van der Waals surface area (Å²) in [6.45, 7) is -0.0682. The highest BCUT2D eigenvalue weighted by molar-refractivity contribution is 5.59. The molecule has 1 saturated heterocycles. The number of carbonyl (C=O) groups is 1. The molecular formula is C7H12O6. The third-order valence-electron chi connectivity index (χ3n) is 1.79. The molecule has 76 valence electrons. The van der Waals surface area contributed by atoms with Crippen LogP contribution in [0.1, 0.15) is 0 Å². The number of hydrogen-bond acceptors (Lipinski definition) is 6. The third kappa shape index (κ3) is 2.55. The Morgan fingerprint density at radius 2 is 2.31 bits per heavy atom. The summed E-state index contributed by atoms with van der Waals surface area (Å²) in [5.41, 5.74) is 0. The molecule has 0 spiro atoms. The molecule has 0 aromatic rings. The Bertz CT molecular complexity index is 182. The third-order valence-corrected chi connectivity index (χ3v) is 1.79. The average Bonchev–Trinajstić information content (AvgIpc) is 2.44. The minimum atomic E-state index is -1.01. The highest BCUT2D eigenvalue weighted by Crippen LogP contribution is 2.14. The van der Waals surface area contributed by atoms with E-state index in [-0.39, 0.29) is 13.2 Å². The topological polar surface area (TPSA) is 85.2 Å². The van der Waals surface area contributed by atoms with Gasteiger partial charge in [-0.05, 0) is 0 Å². The van der Waals surface area contributed by atoms with Crippen LogP contribution in [0.4, 0.5) is 4.79 Å². The smallest absolute Gasteiger partial charge is 0.438 e. The van der Waals surface area contributed by atoms with E-state index in [4.69, 9.17) is 9.84 Å². The number of hydrogen-bond donors (Lipinski definition) is 2. The van der Waals surface area contributed by atoms with Gasteiger partial charge in [0.1, 0.15) is 24.9 Å². The van der Waals surface area contributed by atoms with Crippen molar-refractivity contribution in [3.05, 3.63) is 0 Å². The maximum atomic E-state index is 10.5. The van der Waals surface area contributed by atoms with E-state index in [1.165, 1.54) is 7.11 Å². The SMILES string of the molecule is COC(=O)OC[C@H]1OC[C@H](O)[C@@H]1O. The molecule has 6 nitrogen and oxygen atoms in total. The van der Waals surface area contributed by atoms with Gasteiger partial charge >= 0.3 is 6.16 Å². The maximum Gasteiger partial charge on any atom is 0.508 e. The van der Waals surface area contributed by atoms with Crippen molar-refractivity contribution >= 4 is 6.16 Å². The van der Waals surface area contributed by atoms with E-state index >= 15 is 0 Å². The number of methoxy groups -OCH3 is 1. The van der Waals surface area contributed by atoms with Crippen LogP contribution in [0.2, 0.25) is 0 Å². The summed E-state index contributed by atoms with van der Waals surface area (Å²) >= 11 is 0. The molecule has 1 heterocycles. The number of carbonyl (C=O) groups excluding carboxylic acids is 1. The highest BCUT2D eigenvalue weighted by Gasteiger charge is 2.35. The molecule has 0 aromatic heterocycles. The van der Waals surface area contributed by atoms with Gasteiger partial charge in [-0.15, -0.1) is 0 Å². The number of rotatable bonds is 2. The molecule has 2 N–H and O–H groups in total. The first-order valence-corrected chi connectivity index (χ1v) is 3.83. The van der Waals surface area contributed by atoms with Gasteiger partial charge in [0.05, 0.1) is 13.7 Å². The Balaban J connectivity index is 2.26. The van der Waals surface area contributed by atoms with Gasteiger partial charge in [-0.25, -0.2) is 4.79 Å². The van der Waals surface area contributed by atoms with Crippen molar-refractivity contribution < 1.29 is 29.2 Å². The Hall–Kier alpha value is -0.850. The van der Waals surface area contributed by atoms with E-state index in [2.05, 4.69) is 9.47 Å². The predicted octanol–water partition coefficient (Wildman–Crippen LogP) is -1.11. The van der Waals surface area contributed by atoms with Crippen LogP contribution < -0.4 is 0 Å². The molecule has 3 atom stereocenters. The van der Waals surface area contributed by atoms with Crippen molar-refractivity contribution in [2.75, 3.05) is 20.3 Å². The summed E-state index contributed by atoms with van der Waals surface area (Å²) in [6.07, 6.45) is -3.43. The molecule has 0 saturated carbocycles. The second kappa shape index (κ2) is 4.40. The Morgan fingerprint density at radius 1 is 1.62 bits per heavy atom. The van der Waals surface area contributed by atoms with E-state index in [9.17, 15) is 9.90 Å². The molecule has 0 radical (unpaired) electrons. The second-order valence-corrected chi connectivity index (χ2v) is 2.69. The van der Waals surface area contributed by atoms with Crippen molar-refractivity contribution in [3.63, 3.8) is 0 Å². The van der Waals surface area contributed by atoms with E-state index in [1.54, 1.807) is 0 Å². The molecule has 1 aliphatic heterocycles. The summed E-state index contributed by atoms with van der Waals surface area (Å²) < 4.78 is 13.7. The number of aliphatic hydroxyl groups is 2. The standard InChI is InChI=1S/C7H12O6/c1-11-7(10)13-3-5-6(9)4(8)2-12-5/h4-6,8-9H,2-3H2,1H3/t4-,5+,6-/m0/s1. The van der Waals surface area contributed by atoms with Crippen LogP contribution in [0, 0.1) is 0 Å². The normalized spacial score (nSPS) is 33.0. The fraction of sp³-hybridized carbons (Fsp3) is 0.857. The first kappa shape index (κ1) is 10.2. The van der Waals surface area contributed by atoms with E-state index in [0.717, 1.165) is 0 Å². The zero-order valence-electron chi connectivity index (χ0n) is 7.17. The Kier molecular flexibility index (Phi) is 3.47. The lowest BCUT2D eigenvalue weighted by Crippen LogP contribution is -2.33. The Labute approximate surface area is 75.0 Å². The van der Waals surface area contributed by atoms with Gasteiger partial charge in [0.25, 0.3) is 0 Å². The van der Waals surface area contributed by atoms with Gasteiger partial charge in [0.15, 0.2) is 0 Å². The first-order valence-electron chi connectivity index (χ1n) is 3.83. The molecule has 1 aliphatic rings. The Morgan fingerprint density at radius 3 is 2.77 bits per heavy atom. The van der Waals surface area contributed by atoms with Crippen molar-refractivity contribution in [2.24, 2.45) is 0 Å². The monoisotopic (exact) mass is 192 g/mol. The molecule has 0 bridgehead atoms. The molecule has 0 aromatic carbocycles. The van der Waals surface area contributed by atoms with Crippen LogP contribution in [0.25, 0.3) is 0 Å². The van der Waals surface area contributed by atoms with Crippen LogP contribution in [-0.4, -0.2) is 55.0 Å². The van der Waals surface area contributed by atoms with Crippen molar-refractivity contribution in [2.45, 2.75) is 18.3 Å². The van der Waals surface area contributed by atoms with Crippen LogP contribution in [-0.2, 0) is 14.2 Å². The minimum Gasteiger partial charge on any atom is -0.438 e. The van der Waals surface area contributed by atoms with Gasteiger partial charge in [0, 0.05) is 0 Å². The predicted molar refractivity (Wildman–Crippen MR) is 40.1 cm³/mol. The van der Waals surface area contributed by atoms with Crippen LogP contribution >= 0.6 is 0 Å². The molecule has 1 fully saturated rings. The van der Waals surface area contributed by atoms with Crippen molar-refractivity contribution in [1.29, 1.82) is 0 Å². The molecule has 0 aliphatic carbocycles. The lowest BCUT2D eigenvalue weighted by Gasteiger charge is -2.13. The fourth-order valence-corrected chi connectivity index (χ4v) is 1.02. The first-order chi connectivity index (χ1) is 6.15. The summed E-state index contributed by atoms with van der Waals surface area (Å²) in [5, 5.41) is 18.3. The molecule has 0 unspecified atom stereocenters. The summed E-state index contributed by atoms with van der Waals surface area (Å²) in [4.78, 5) is 10.5. The van der Waals surface area contributed by atoms with Crippen LogP contribution in [0.5, 0.6) is 0 Å². The summed E-state index contributed by atoms with van der Waals surface area (Å²) in [5.74, 6) is 0. The van der Waals surface area contributed by atoms with Gasteiger partial charge < -0.3 is 24.4 Å². The zero-order valence-corrected chi connectivity index (χ0v) is 7.17. The minimum absolute atomic E-state index is 0.0520.